The third-order valence-corrected chi connectivity index (χ3v) is 3.21. The van der Waals surface area contributed by atoms with E-state index in [1.54, 1.807) is 24.3 Å². The predicted molar refractivity (Wildman–Crippen MR) is 86.4 cm³/mol. The van der Waals surface area contributed by atoms with Gasteiger partial charge in [-0.2, -0.15) is 0 Å². The largest absolute Gasteiger partial charge is 0.508 e. The highest BCUT2D eigenvalue weighted by Crippen LogP contribution is 2.10. The summed E-state index contributed by atoms with van der Waals surface area (Å²) in [6.07, 6.45) is 2.14. The van der Waals surface area contributed by atoms with Crippen LogP contribution in [0.2, 0.25) is 0 Å². The number of carbonyl (C=O) groups excluding carboxylic acids is 2. The van der Waals surface area contributed by atoms with Gasteiger partial charge in [-0.25, -0.2) is 0 Å². The molecule has 0 bridgehead atoms. The van der Waals surface area contributed by atoms with Gasteiger partial charge < -0.3 is 15.7 Å². The summed E-state index contributed by atoms with van der Waals surface area (Å²) in [5, 5.41) is 14.8. The lowest BCUT2D eigenvalue weighted by Crippen LogP contribution is -2.29. The Labute approximate surface area is 134 Å². The van der Waals surface area contributed by atoms with Gasteiger partial charge in [-0.05, 0) is 43.7 Å². The van der Waals surface area contributed by atoms with Gasteiger partial charge in [-0.1, -0.05) is 6.07 Å². The fraction of sp³-hybridized carbons (Fsp3) is 0.235. The third-order valence-electron chi connectivity index (χ3n) is 3.21. The van der Waals surface area contributed by atoms with E-state index in [0.29, 0.717) is 30.6 Å². The molecule has 1 aromatic heterocycles. The van der Waals surface area contributed by atoms with Crippen LogP contribution < -0.4 is 10.6 Å². The van der Waals surface area contributed by atoms with Gasteiger partial charge in [0.1, 0.15) is 5.75 Å². The van der Waals surface area contributed by atoms with Gasteiger partial charge in [0.25, 0.3) is 11.8 Å². The second-order valence-corrected chi connectivity index (χ2v) is 5.10. The van der Waals surface area contributed by atoms with Crippen LogP contribution in [0, 0.1) is 6.92 Å². The molecular formula is C17H19N3O3. The summed E-state index contributed by atoms with van der Waals surface area (Å²) < 4.78 is 0. The van der Waals surface area contributed by atoms with E-state index in [1.165, 1.54) is 18.3 Å². The lowest BCUT2D eigenvalue weighted by Gasteiger charge is -2.07. The Bertz CT molecular complexity index is 684. The van der Waals surface area contributed by atoms with Crippen molar-refractivity contribution in [3.8, 4) is 5.75 Å². The van der Waals surface area contributed by atoms with E-state index in [1.807, 2.05) is 6.92 Å². The number of nitrogens with one attached hydrogen (secondary N) is 2. The number of rotatable bonds is 6. The van der Waals surface area contributed by atoms with Crippen LogP contribution in [0.1, 0.15) is 32.8 Å². The summed E-state index contributed by atoms with van der Waals surface area (Å²) in [5.41, 5.74) is 1.77. The van der Waals surface area contributed by atoms with Crippen LogP contribution in [0.3, 0.4) is 0 Å². The quantitative estimate of drug-likeness (QED) is 0.707. The van der Waals surface area contributed by atoms with E-state index in [0.717, 1.165) is 5.69 Å². The standard InChI is InChI=1S/C17H19N3O3/c1-12-6-7-14(11-20-12)17(23)19-9-3-8-18-16(22)13-4-2-5-15(21)10-13/h2,4-7,10-11,21H,3,8-9H2,1H3,(H,18,22)(H,19,23). The Morgan fingerprint density at radius 1 is 1.04 bits per heavy atom. The molecule has 0 aliphatic rings. The molecule has 120 valence electrons. The number of phenolic OH excluding ortho intramolecular Hbond substituents is 1. The van der Waals surface area contributed by atoms with E-state index in [2.05, 4.69) is 15.6 Å². The maximum Gasteiger partial charge on any atom is 0.252 e. The maximum atomic E-state index is 11.8. The zero-order chi connectivity index (χ0) is 16.7. The van der Waals surface area contributed by atoms with Crippen LogP contribution in [0.5, 0.6) is 5.75 Å². The predicted octanol–water partition coefficient (Wildman–Crippen LogP) is 1.65. The van der Waals surface area contributed by atoms with Gasteiger partial charge in [-0.15, -0.1) is 0 Å². The van der Waals surface area contributed by atoms with Crippen LogP contribution in [0.25, 0.3) is 0 Å². The molecule has 1 aromatic carbocycles. The minimum atomic E-state index is -0.255. The van der Waals surface area contributed by atoms with Gasteiger partial charge >= 0.3 is 0 Å². The Morgan fingerprint density at radius 3 is 2.35 bits per heavy atom. The van der Waals surface area contributed by atoms with Crippen molar-refractivity contribution in [2.75, 3.05) is 13.1 Å². The fourth-order valence-corrected chi connectivity index (χ4v) is 1.95. The highest BCUT2D eigenvalue weighted by molar-refractivity contribution is 5.94. The first-order valence-electron chi connectivity index (χ1n) is 7.34. The second kappa shape index (κ2) is 7.93. The molecule has 2 rings (SSSR count). The molecule has 0 saturated carbocycles. The molecular weight excluding hydrogens is 294 g/mol. The summed E-state index contributed by atoms with van der Waals surface area (Å²) in [6.45, 7) is 2.74. The molecule has 2 aromatic rings. The molecule has 6 heteroatoms. The Balaban J connectivity index is 1.68. The van der Waals surface area contributed by atoms with E-state index >= 15 is 0 Å². The number of nitrogens with zero attached hydrogens (tertiary/aromatic N) is 1. The molecule has 3 N–H and O–H groups in total. The number of aromatic nitrogens is 1. The van der Waals surface area contributed by atoms with Crippen molar-refractivity contribution in [2.24, 2.45) is 0 Å². The first kappa shape index (κ1) is 16.5. The van der Waals surface area contributed by atoms with Gasteiger partial charge in [-0.3, -0.25) is 14.6 Å². The molecule has 0 unspecified atom stereocenters. The summed E-state index contributed by atoms with van der Waals surface area (Å²) >= 11 is 0. The number of benzene rings is 1. The molecule has 23 heavy (non-hydrogen) atoms. The normalized spacial score (nSPS) is 10.1. The zero-order valence-electron chi connectivity index (χ0n) is 12.9. The number of aromatic hydroxyl groups is 1. The third kappa shape index (κ3) is 5.10. The molecule has 0 atom stereocenters. The van der Waals surface area contributed by atoms with E-state index in [4.69, 9.17) is 0 Å². The molecule has 1 heterocycles. The van der Waals surface area contributed by atoms with Gasteiger partial charge in [0.05, 0.1) is 5.56 Å². The van der Waals surface area contributed by atoms with Crippen molar-refractivity contribution in [3.05, 3.63) is 59.4 Å². The molecule has 0 spiro atoms. The highest BCUT2D eigenvalue weighted by atomic mass is 16.3. The number of carbonyl (C=O) groups is 2. The molecule has 0 radical (unpaired) electrons. The number of amides is 2. The fourth-order valence-electron chi connectivity index (χ4n) is 1.95. The van der Waals surface area contributed by atoms with Crippen LogP contribution in [-0.2, 0) is 0 Å². The minimum absolute atomic E-state index is 0.0524. The summed E-state index contributed by atoms with van der Waals surface area (Å²) in [4.78, 5) is 27.7. The zero-order valence-corrected chi connectivity index (χ0v) is 12.9. The lowest BCUT2D eigenvalue weighted by molar-refractivity contribution is 0.0951. The number of pyridine rings is 1. The van der Waals surface area contributed by atoms with E-state index in [9.17, 15) is 14.7 Å². The number of hydrogen-bond donors (Lipinski definition) is 3. The molecule has 0 saturated heterocycles. The van der Waals surface area contributed by atoms with Gasteiger partial charge in [0, 0.05) is 30.5 Å². The minimum Gasteiger partial charge on any atom is -0.508 e. The van der Waals surface area contributed by atoms with E-state index in [-0.39, 0.29) is 17.6 Å². The van der Waals surface area contributed by atoms with Crippen molar-refractivity contribution in [3.63, 3.8) is 0 Å². The van der Waals surface area contributed by atoms with Crippen molar-refractivity contribution in [2.45, 2.75) is 13.3 Å². The molecule has 0 aliphatic heterocycles. The van der Waals surface area contributed by atoms with Crippen molar-refractivity contribution >= 4 is 11.8 Å². The smallest absolute Gasteiger partial charge is 0.252 e. The van der Waals surface area contributed by atoms with Crippen LogP contribution >= 0.6 is 0 Å². The Kier molecular flexibility index (Phi) is 5.68. The van der Waals surface area contributed by atoms with Gasteiger partial charge in [0.15, 0.2) is 0 Å². The highest BCUT2D eigenvalue weighted by Gasteiger charge is 2.06. The summed E-state index contributed by atoms with van der Waals surface area (Å²) in [5.74, 6) is -0.386. The first-order valence-corrected chi connectivity index (χ1v) is 7.34. The van der Waals surface area contributed by atoms with Crippen molar-refractivity contribution in [1.29, 1.82) is 0 Å². The number of phenols is 1. The number of hydrogen-bond acceptors (Lipinski definition) is 4. The van der Waals surface area contributed by atoms with E-state index < -0.39 is 0 Å². The summed E-state index contributed by atoms with van der Waals surface area (Å²) in [7, 11) is 0. The van der Waals surface area contributed by atoms with Crippen LogP contribution in [-0.4, -0.2) is 35.0 Å². The van der Waals surface area contributed by atoms with Crippen molar-refractivity contribution in [1.82, 2.24) is 15.6 Å². The Morgan fingerprint density at radius 2 is 1.74 bits per heavy atom. The number of aryl methyl sites for hydroxylation is 1. The van der Waals surface area contributed by atoms with Crippen molar-refractivity contribution < 1.29 is 14.7 Å². The topological polar surface area (TPSA) is 91.3 Å². The van der Waals surface area contributed by atoms with Crippen LogP contribution in [0.4, 0.5) is 0 Å². The van der Waals surface area contributed by atoms with Crippen LogP contribution in [0.15, 0.2) is 42.6 Å². The average molecular weight is 313 g/mol. The van der Waals surface area contributed by atoms with Gasteiger partial charge in [0.2, 0.25) is 0 Å². The second-order valence-electron chi connectivity index (χ2n) is 5.10. The lowest BCUT2D eigenvalue weighted by atomic mass is 10.2. The summed E-state index contributed by atoms with van der Waals surface area (Å²) in [6, 6.07) is 9.65. The molecule has 0 aliphatic carbocycles. The SMILES string of the molecule is Cc1ccc(C(=O)NCCCNC(=O)c2cccc(O)c2)cn1. The molecule has 6 nitrogen and oxygen atoms in total. The molecule has 0 fully saturated rings. The first-order chi connectivity index (χ1) is 11.1. The maximum absolute atomic E-state index is 11.8. The monoisotopic (exact) mass is 313 g/mol. The average Bonchev–Trinajstić information content (AvgIpc) is 2.54. The Hall–Kier alpha value is -2.89. The molecule has 2 amide bonds.